The lowest BCUT2D eigenvalue weighted by Gasteiger charge is -2.47. The van der Waals surface area contributed by atoms with Crippen molar-refractivity contribution in [2.24, 2.45) is 0 Å². The highest BCUT2D eigenvalue weighted by molar-refractivity contribution is 7.90. The van der Waals surface area contributed by atoms with Gasteiger partial charge in [0.25, 0.3) is 10.0 Å². The van der Waals surface area contributed by atoms with Crippen LogP contribution in [-0.2, 0) is 46.7 Å². The van der Waals surface area contributed by atoms with Gasteiger partial charge in [-0.1, -0.05) is 97.1 Å². The van der Waals surface area contributed by atoms with Crippen LogP contribution < -0.4 is 0 Å². The van der Waals surface area contributed by atoms with Crippen LogP contribution in [-0.4, -0.2) is 61.4 Å². The normalized spacial score (nSPS) is 24.9. The SMILES string of the molecule is O=S(=O)(c1ccccc1)n1cc(CCO[C@@H]2O[C@@H]3CO[C@@H](c4ccccc4)O[C@H]3[C@H](OCc3ccccc3)[C@H]2O)c2ccccc21. The van der Waals surface area contributed by atoms with Crippen molar-refractivity contribution in [1.82, 2.24) is 3.97 Å². The summed E-state index contributed by atoms with van der Waals surface area (Å²) in [7, 11) is -3.81. The van der Waals surface area contributed by atoms with Gasteiger partial charge in [0.1, 0.15) is 24.4 Å². The summed E-state index contributed by atoms with van der Waals surface area (Å²) in [4.78, 5) is 0.208. The number of hydrogen-bond acceptors (Lipinski definition) is 8. The maximum absolute atomic E-state index is 13.5. The maximum atomic E-state index is 13.5. The fourth-order valence-electron chi connectivity index (χ4n) is 6.04. The van der Waals surface area contributed by atoms with Gasteiger partial charge in [-0.2, -0.15) is 0 Å². The summed E-state index contributed by atoms with van der Waals surface area (Å²) < 4.78 is 59.4. The molecule has 7 rings (SSSR count). The quantitative estimate of drug-likeness (QED) is 0.221. The van der Waals surface area contributed by atoms with E-state index < -0.39 is 47.0 Å². The smallest absolute Gasteiger partial charge is 0.268 e. The molecule has 2 saturated heterocycles. The second-order valence-electron chi connectivity index (χ2n) is 11.4. The molecule has 0 radical (unpaired) electrons. The Labute approximate surface area is 267 Å². The first-order chi connectivity index (χ1) is 22.5. The van der Waals surface area contributed by atoms with E-state index in [0.29, 0.717) is 11.9 Å². The molecule has 0 amide bonds. The van der Waals surface area contributed by atoms with Crippen LogP contribution in [0.15, 0.2) is 126 Å². The van der Waals surface area contributed by atoms with Crippen LogP contribution in [0, 0.1) is 0 Å². The number of para-hydroxylation sites is 1. The minimum absolute atomic E-state index is 0.165. The molecular weight excluding hydrogens is 606 g/mol. The number of aliphatic hydroxyl groups is 1. The molecule has 2 aliphatic heterocycles. The number of ether oxygens (including phenoxy) is 5. The summed E-state index contributed by atoms with van der Waals surface area (Å²) in [6.45, 7) is 0.666. The number of aromatic nitrogens is 1. The van der Waals surface area contributed by atoms with E-state index in [1.807, 2.05) is 78.9 Å². The Balaban J connectivity index is 1.08. The first kappa shape index (κ1) is 30.8. The van der Waals surface area contributed by atoms with Gasteiger partial charge in [-0.3, -0.25) is 0 Å². The fourth-order valence-corrected chi connectivity index (χ4v) is 7.46. The van der Waals surface area contributed by atoms with Crippen LogP contribution >= 0.6 is 0 Å². The van der Waals surface area contributed by atoms with Crippen molar-refractivity contribution in [3.8, 4) is 0 Å². The summed E-state index contributed by atoms with van der Waals surface area (Å²) in [6.07, 6.45) is -2.64. The summed E-state index contributed by atoms with van der Waals surface area (Å²) >= 11 is 0. The van der Waals surface area contributed by atoms with Gasteiger partial charge in [-0.25, -0.2) is 12.4 Å². The van der Waals surface area contributed by atoms with Crippen LogP contribution in [0.1, 0.15) is 23.0 Å². The number of hydrogen-bond donors (Lipinski definition) is 1. The lowest BCUT2D eigenvalue weighted by atomic mass is 9.97. The molecule has 2 fully saturated rings. The molecule has 9 nitrogen and oxygen atoms in total. The molecule has 1 aromatic heterocycles. The first-order valence-corrected chi connectivity index (χ1v) is 16.8. The van der Waals surface area contributed by atoms with Gasteiger partial charge in [0, 0.05) is 17.1 Å². The van der Waals surface area contributed by atoms with Gasteiger partial charge < -0.3 is 28.8 Å². The molecule has 5 aromatic rings. The Hall–Kier alpha value is -3.87. The third-order valence-corrected chi connectivity index (χ3v) is 10.1. The summed E-state index contributed by atoms with van der Waals surface area (Å²) in [5.41, 5.74) is 3.20. The molecule has 0 saturated carbocycles. The molecule has 2 aliphatic rings. The molecular formula is C36H35NO8S. The first-order valence-electron chi connectivity index (χ1n) is 15.3. The molecule has 0 aliphatic carbocycles. The van der Waals surface area contributed by atoms with Crippen molar-refractivity contribution in [3.63, 3.8) is 0 Å². The molecule has 0 unspecified atom stereocenters. The lowest BCUT2D eigenvalue weighted by molar-refractivity contribution is -0.366. The van der Waals surface area contributed by atoms with Crippen LogP contribution in [0.2, 0.25) is 0 Å². The van der Waals surface area contributed by atoms with Gasteiger partial charge >= 0.3 is 0 Å². The summed E-state index contributed by atoms with van der Waals surface area (Å²) in [5.74, 6) is 0. The number of rotatable bonds is 10. The molecule has 10 heteroatoms. The van der Waals surface area contributed by atoms with Gasteiger partial charge in [-0.15, -0.1) is 0 Å². The van der Waals surface area contributed by atoms with Crippen LogP contribution in [0.5, 0.6) is 0 Å². The molecule has 0 spiro atoms. The van der Waals surface area contributed by atoms with Crippen molar-refractivity contribution < 1.29 is 37.2 Å². The number of nitrogens with zero attached hydrogens (tertiary/aromatic N) is 1. The van der Waals surface area contributed by atoms with Gasteiger partial charge in [0.2, 0.25) is 0 Å². The largest absolute Gasteiger partial charge is 0.385 e. The maximum Gasteiger partial charge on any atom is 0.268 e. The molecule has 3 heterocycles. The Kier molecular flexibility index (Phi) is 9.01. The summed E-state index contributed by atoms with van der Waals surface area (Å²) in [6, 6.07) is 35.1. The van der Waals surface area contributed by atoms with Crippen molar-refractivity contribution >= 4 is 20.9 Å². The van der Waals surface area contributed by atoms with E-state index in [0.717, 1.165) is 22.1 Å². The van der Waals surface area contributed by atoms with Gasteiger partial charge in [0.15, 0.2) is 12.6 Å². The number of fused-ring (bicyclic) bond motifs is 2. The second kappa shape index (κ2) is 13.5. The highest BCUT2D eigenvalue weighted by atomic mass is 32.2. The van der Waals surface area contributed by atoms with E-state index in [1.165, 1.54) is 3.97 Å². The Morgan fingerprint density at radius 3 is 2.24 bits per heavy atom. The van der Waals surface area contributed by atoms with E-state index in [1.54, 1.807) is 42.6 Å². The number of aliphatic hydroxyl groups excluding tert-OH is 1. The highest BCUT2D eigenvalue weighted by Gasteiger charge is 2.50. The molecule has 4 aromatic carbocycles. The number of benzene rings is 4. The van der Waals surface area contributed by atoms with Crippen molar-refractivity contribution in [2.45, 2.75) is 54.9 Å². The van der Waals surface area contributed by atoms with Crippen molar-refractivity contribution in [1.29, 1.82) is 0 Å². The molecule has 6 atom stereocenters. The lowest BCUT2D eigenvalue weighted by Crippen LogP contribution is -2.63. The predicted octanol–water partition coefficient (Wildman–Crippen LogP) is 5.22. The average molecular weight is 642 g/mol. The zero-order valence-electron chi connectivity index (χ0n) is 25.0. The Bertz CT molecular complexity index is 1850. The van der Waals surface area contributed by atoms with Gasteiger partial charge in [0.05, 0.1) is 30.2 Å². The highest BCUT2D eigenvalue weighted by Crippen LogP contribution is 2.36. The molecule has 46 heavy (non-hydrogen) atoms. The minimum atomic E-state index is -3.81. The Morgan fingerprint density at radius 1 is 0.804 bits per heavy atom. The van der Waals surface area contributed by atoms with Gasteiger partial charge in [-0.05, 0) is 35.7 Å². The second-order valence-corrected chi connectivity index (χ2v) is 13.2. The fraction of sp³-hybridized carbons (Fsp3) is 0.278. The third kappa shape index (κ3) is 6.25. The third-order valence-electron chi connectivity index (χ3n) is 8.38. The van der Waals surface area contributed by atoms with E-state index in [4.69, 9.17) is 23.7 Å². The summed E-state index contributed by atoms with van der Waals surface area (Å²) in [5, 5.41) is 12.3. The molecule has 0 bridgehead atoms. The minimum Gasteiger partial charge on any atom is -0.385 e. The topological polar surface area (TPSA) is 105 Å². The van der Waals surface area contributed by atoms with E-state index >= 15 is 0 Å². The van der Waals surface area contributed by atoms with E-state index in [2.05, 4.69) is 0 Å². The monoisotopic (exact) mass is 641 g/mol. The van der Waals surface area contributed by atoms with Crippen LogP contribution in [0.4, 0.5) is 0 Å². The Morgan fingerprint density at radius 2 is 1.48 bits per heavy atom. The van der Waals surface area contributed by atoms with E-state index in [-0.39, 0.29) is 24.7 Å². The van der Waals surface area contributed by atoms with Crippen LogP contribution in [0.25, 0.3) is 10.9 Å². The van der Waals surface area contributed by atoms with Crippen LogP contribution in [0.3, 0.4) is 0 Å². The van der Waals surface area contributed by atoms with E-state index in [9.17, 15) is 13.5 Å². The van der Waals surface area contributed by atoms with Crippen molar-refractivity contribution in [2.75, 3.05) is 13.2 Å². The average Bonchev–Trinajstić information content (AvgIpc) is 3.48. The predicted molar refractivity (Wildman–Crippen MR) is 170 cm³/mol. The zero-order chi connectivity index (χ0) is 31.5. The van der Waals surface area contributed by atoms with Crippen molar-refractivity contribution in [3.05, 3.63) is 138 Å². The molecule has 238 valence electrons. The molecule has 1 N–H and O–H groups in total. The standard InChI is InChI=1S/C36H35NO8S/c38-32-34(42-23-25-12-4-1-5-13-25)33-31(24-43-35(45-33)26-14-6-2-7-15-26)44-36(32)41-21-20-27-22-37(30-19-11-10-18-29(27)30)46(39,40)28-16-8-3-9-17-28/h1-19,22,31-36,38H,20-21,23-24H2/t31-,32-,33-,34-,35-,36-/m1/s1. The zero-order valence-corrected chi connectivity index (χ0v) is 25.8.